The summed E-state index contributed by atoms with van der Waals surface area (Å²) in [5.74, 6) is 0. The van der Waals surface area contributed by atoms with Gasteiger partial charge in [-0.15, -0.1) is 83.6 Å². The molecule has 8 aromatic rings. The van der Waals surface area contributed by atoms with Gasteiger partial charge in [0.2, 0.25) is 0 Å². The summed E-state index contributed by atoms with van der Waals surface area (Å²) in [5, 5.41) is 8.12. The molecule has 222 valence electrons. The Kier molecular flexibility index (Phi) is 16.3. The van der Waals surface area contributed by atoms with Gasteiger partial charge in [0, 0.05) is 0 Å². The Morgan fingerprint density at radius 1 is 0.348 bits per heavy atom. The Bertz CT molecular complexity index is 1670. The molecule has 0 amide bonds. The standard InChI is InChI=1S/C12H10Si.2C9H7.2C7H7.Ti/c1-3-7-11(8-4-1)13-12-9-5-2-6-10-12;2*1-2-5-9-7-3-6-8(9)4-1;2*1-7-5-3-2-4-6-7;/h1-10H;2*1-7H;2*2-6H,1H2;/q;4*-1;+4. The number of benzene rings is 6. The van der Waals surface area contributed by atoms with Crippen molar-refractivity contribution in [1.82, 2.24) is 0 Å². The molecule has 0 saturated carbocycles. The Balaban J connectivity index is 0.000000159. The first-order valence-electron chi connectivity index (χ1n) is 15.0. The molecule has 0 aliphatic carbocycles. The predicted octanol–water partition coefficient (Wildman–Crippen LogP) is 10.2. The molecule has 0 aliphatic heterocycles. The number of hydrogen-bond acceptors (Lipinski definition) is 0. The van der Waals surface area contributed by atoms with E-state index in [1.165, 1.54) is 31.9 Å². The van der Waals surface area contributed by atoms with Crippen molar-refractivity contribution in [3.63, 3.8) is 0 Å². The van der Waals surface area contributed by atoms with Gasteiger partial charge in [-0.05, 0) is 0 Å². The van der Waals surface area contributed by atoms with Crippen LogP contribution in [0, 0.1) is 13.8 Å². The molecular formula is C44H38SiTi. The molecule has 46 heavy (non-hydrogen) atoms. The quantitative estimate of drug-likeness (QED) is 0.130. The van der Waals surface area contributed by atoms with E-state index in [2.05, 4.69) is 159 Å². The summed E-state index contributed by atoms with van der Waals surface area (Å²) in [7, 11) is 0.777. The van der Waals surface area contributed by atoms with E-state index in [1.54, 1.807) is 0 Å². The molecule has 8 rings (SSSR count). The second-order valence-electron chi connectivity index (χ2n) is 10.1. The molecule has 0 atom stereocenters. The van der Waals surface area contributed by atoms with E-state index >= 15 is 0 Å². The minimum Gasteiger partial charge on any atom is -0.199 e. The van der Waals surface area contributed by atoms with E-state index in [1.807, 2.05) is 60.7 Å². The largest absolute Gasteiger partial charge is 4.00 e. The Morgan fingerprint density at radius 3 is 0.957 bits per heavy atom. The maximum Gasteiger partial charge on any atom is 4.00 e. The fourth-order valence-electron chi connectivity index (χ4n) is 4.31. The predicted molar refractivity (Wildman–Crippen MR) is 199 cm³/mol. The first-order chi connectivity index (χ1) is 22.2. The molecule has 0 spiro atoms. The van der Waals surface area contributed by atoms with Gasteiger partial charge in [0.15, 0.2) is 0 Å². The van der Waals surface area contributed by atoms with E-state index in [4.69, 9.17) is 0 Å². The monoisotopic (exact) mass is 642 g/mol. The third-order valence-corrected chi connectivity index (χ3v) is 7.86. The van der Waals surface area contributed by atoms with Crippen molar-refractivity contribution in [3.8, 4) is 0 Å². The summed E-state index contributed by atoms with van der Waals surface area (Å²) < 4.78 is 0. The maximum atomic E-state index is 3.72. The normalized spacial score (nSPS) is 9.39. The molecule has 2 heteroatoms. The van der Waals surface area contributed by atoms with Crippen molar-refractivity contribution in [2.75, 3.05) is 0 Å². The molecule has 0 saturated heterocycles. The average Bonchev–Trinajstić information content (AvgIpc) is 3.78. The summed E-state index contributed by atoms with van der Waals surface area (Å²) >= 11 is 0. The second kappa shape index (κ2) is 21.0. The van der Waals surface area contributed by atoms with Gasteiger partial charge in [-0.25, -0.2) is 0 Å². The fourth-order valence-corrected chi connectivity index (χ4v) is 5.36. The van der Waals surface area contributed by atoms with Crippen molar-refractivity contribution in [2.24, 2.45) is 0 Å². The van der Waals surface area contributed by atoms with Crippen molar-refractivity contribution < 1.29 is 21.7 Å². The summed E-state index contributed by atoms with van der Waals surface area (Å²) in [6.07, 6.45) is 0. The molecule has 0 unspecified atom stereocenters. The summed E-state index contributed by atoms with van der Waals surface area (Å²) in [5.41, 5.74) is 2.14. The molecule has 0 fully saturated rings. The Labute approximate surface area is 292 Å². The van der Waals surface area contributed by atoms with Crippen LogP contribution in [0.2, 0.25) is 0 Å². The summed E-state index contributed by atoms with van der Waals surface area (Å²) in [6.45, 7) is 7.44. The van der Waals surface area contributed by atoms with Crippen molar-refractivity contribution in [2.45, 2.75) is 0 Å². The molecular weight excluding hydrogens is 604 g/mol. The Hall–Kier alpha value is -4.79. The molecule has 8 aromatic carbocycles. The zero-order valence-electron chi connectivity index (χ0n) is 26.0. The average molecular weight is 643 g/mol. The molecule has 0 aliphatic rings. The van der Waals surface area contributed by atoms with Crippen LogP contribution in [0.4, 0.5) is 0 Å². The summed E-state index contributed by atoms with van der Waals surface area (Å²) in [4.78, 5) is 0. The topological polar surface area (TPSA) is 0 Å². The van der Waals surface area contributed by atoms with Crippen LogP contribution in [-0.2, 0) is 21.7 Å². The molecule has 0 bridgehead atoms. The van der Waals surface area contributed by atoms with Gasteiger partial charge in [-0.2, -0.15) is 84.3 Å². The van der Waals surface area contributed by atoms with E-state index in [0.717, 1.165) is 20.6 Å². The van der Waals surface area contributed by atoms with Crippen LogP contribution >= 0.6 is 0 Å². The van der Waals surface area contributed by atoms with Gasteiger partial charge in [-0.3, -0.25) is 0 Å². The molecule has 0 aromatic heterocycles. The second-order valence-corrected chi connectivity index (χ2v) is 11.5. The smallest absolute Gasteiger partial charge is 0.199 e. The third kappa shape index (κ3) is 13.5. The van der Waals surface area contributed by atoms with Crippen LogP contribution in [0.15, 0.2) is 206 Å². The van der Waals surface area contributed by atoms with Crippen LogP contribution in [-0.4, -0.2) is 9.52 Å². The molecule has 0 N–H and O–H groups in total. The van der Waals surface area contributed by atoms with Gasteiger partial charge in [0.1, 0.15) is 9.52 Å². The first kappa shape index (κ1) is 35.7. The molecule has 0 heterocycles. The van der Waals surface area contributed by atoms with E-state index in [9.17, 15) is 0 Å². The SMILES string of the molecule is [CH2-]c1ccccc1.[CH2-]c1ccccc1.[Ti+4].c1ccc([Si]c2ccccc2)cc1.c1ccc2[cH-]ccc2c1.c1ccc2[cH-]ccc2c1. The zero-order valence-corrected chi connectivity index (χ0v) is 28.6. The van der Waals surface area contributed by atoms with E-state index in [-0.39, 0.29) is 21.7 Å². The van der Waals surface area contributed by atoms with Crippen LogP contribution < -0.4 is 10.4 Å². The van der Waals surface area contributed by atoms with Gasteiger partial charge in [0.25, 0.3) is 0 Å². The van der Waals surface area contributed by atoms with Crippen LogP contribution in [0.5, 0.6) is 0 Å². The Morgan fingerprint density at radius 2 is 0.652 bits per heavy atom. The van der Waals surface area contributed by atoms with Crippen LogP contribution in [0.25, 0.3) is 21.5 Å². The number of hydrogen-bond donors (Lipinski definition) is 0. The van der Waals surface area contributed by atoms with Gasteiger partial charge in [-0.1, -0.05) is 95.3 Å². The van der Waals surface area contributed by atoms with Gasteiger partial charge < -0.3 is 0 Å². The maximum absolute atomic E-state index is 3.72. The van der Waals surface area contributed by atoms with Crippen molar-refractivity contribution >= 4 is 41.4 Å². The minimum atomic E-state index is 0. The van der Waals surface area contributed by atoms with Crippen molar-refractivity contribution in [1.29, 1.82) is 0 Å². The van der Waals surface area contributed by atoms with E-state index in [0.29, 0.717) is 0 Å². The number of fused-ring (bicyclic) bond motifs is 2. The minimum absolute atomic E-state index is 0. The van der Waals surface area contributed by atoms with Crippen LogP contribution in [0.1, 0.15) is 11.1 Å². The number of rotatable bonds is 2. The van der Waals surface area contributed by atoms with E-state index < -0.39 is 0 Å². The van der Waals surface area contributed by atoms with Crippen LogP contribution in [0.3, 0.4) is 0 Å². The van der Waals surface area contributed by atoms with Gasteiger partial charge in [0.05, 0.1) is 0 Å². The molecule has 0 nitrogen and oxygen atoms in total. The van der Waals surface area contributed by atoms with Crippen molar-refractivity contribution in [3.05, 3.63) is 231 Å². The fraction of sp³-hybridized carbons (Fsp3) is 0. The summed E-state index contributed by atoms with van der Waals surface area (Å²) in [6, 6.07) is 70.2. The molecule has 2 radical (unpaired) electrons. The zero-order chi connectivity index (χ0) is 31.4. The van der Waals surface area contributed by atoms with Gasteiger partial charge >= 0.3 is 21.7 Å². The third-order valence-electron chi connectivity index (χ3n) is 6.62. The first-order valence-corrected chi connectivity index (χ1v) is 16.0.